The molecule has 0 unspecified atom stereocenters. The summed E-state index contributed by atoms with van der Waals surface area (Å²) in [5, 5.41) is 11.9. The molecule has 9 heteroatoms. The zero-order valence-electron chi connectivity index (χ0n) is 11.8. The zero-order valence-corrected chi connectivity index (χ0v) is 15.7. The largest absolute Gasteiger partial charge is 0.250 e. The summed E-state index contributed by atoms with van der Waals surface area (Å²) in [6.07, 6.45) is 1.36. The summed E-state index contributed by atoms with van der Waals surface area (Å²) in [5.74, 6) is -0.00337. The lowest BCUT2D eigenvalue weighted by atomic mass is 10.2. The molecule has 0 aliphatic carbocycles. The smallest absolute Gasteiger partial charge is 0.216 e. The molecule has 0 fully saturated rings. The van der Waals surface area contributed by atoms with Gasteiger partial charge in [-0.2, -0.15) is 14.9 Å². The Bertz CT molecular complexity index is 999. The minimum Gasteiger partial charge on any atom is -0.250 e. The molecule has 24 heavy (non-hydrogen) atoms. The molecule has 2 aromatic carbocycles. The van der Waals surface area contributed by atoms with Crippen molar-refractivity contribution < 1.29 is 4.39 Å². The van der Waals surface area contributed by atoms with Gasteiger partial charge in [0.25, 0.3) is 0 Å². The van der Waals surface area contributed by atoms with E-state index in [1.165, 1.54) is 17.0 Å². The maximum Gasteiger partial charge on any atom is 0.216 e. The second-order valence-corrected chi connectivity index (χ2v) is 6.84. The molecule has 1 N–H and O–H groups in total. The Hall–Kier alpha value is -1.54. The van der Waals surface area contributed by atoms with Crippen LogP contribution in [0.25, 0.3) is 11.4 Å². The number of aromatic nitrogens is 3. The van der Waals surface area contributed by atoms with Crippen molar-refractivity contribution in [2.24, 2.45) is 5.10 Å². The minimum absolute atomic E-state index is 0.252. The maximum absolute atomic E-state index is 13.8. The first-order chi connectivity index (χ1) is 11.5. The number of nitrogens with one attached hydrogen (secondary N) is 1. The lowest BCUT2D eigenvalue weighted by Crippen LogP contribution is -1.97. The maximum atomic E-state index is 13.8. The lowest BCUT2D eigenvalue weighted by Gasteiger charge is -2.04. The molecule has 0 radical (unpaired) electrons. The van der Waals surface area contributed by atoms with Gasteiger partial charge in [0.05, 0.1) is 11.2 Å². The topological polar surface area (TPSA) is 46.0 Å². The highest BCUT2D eigenvalue weighted by molar-refractivity contribution is 9.10. The minimum atomic E-state index is -0.400. The first-order valence-corrected chi connectivity index (χ1v) is 8.53. The number of rotatable bonds is 3. The predicted molar refractivity (Wildman–Crippen MR) is 100.0 cm³/mol. The summed E-state index contributed by atoms with van der Waals surface area (Å²) < 4.78 is 16.2. The SMILES string of the molecule is Fc1ccc(Br)cc1/C=N\n1c(-c2ccc(Cl)cc2Cl)n[nH]c1=S. The highest BCUT2D eigenvalue weighted by atomic mass is 79.9. The zero-order chi connectivity index (χ0) is 17.3. The lowest BCUT2D eigenvalue weighted by molar-refractivity contribution is 0.625. The van der Waals surface area contributed by atoms with E-state index in [9.17, 15) is 4.39 Å². The van der Waals surface area contributed by atoms with Crippen molar-refractivity contribution in [3.8, 4) is 11.4 Å². The van der Waals surface area contributed by atoms with Gasteiger partial charge in [0.15, 0.2) is 5.82 Å². The van der Waals surface area contributed by atoms with Gasteiger partial charge in [-0.1, -0.05) is 39.1 Å². The van der Waals surface area contributed by atoms with Crippen LogP contribution in [0.15, 0.2) is 46.0 Å². The van der Waals surface area contributed by atoms with E-state index in [0.29, 0.717) is 27.0 Å². The van der Waals surface area contributed by atoms with E-state index in [2.05, 4.69) is 31.2 Å². The van der Waals surface area contributed by atoms with E-state index in [4.69, 9.17) is 35.4 Å². The molecule has 1 heterocycles. The van der Waals surface area contributed by atoms with Crippen molar-refractivity contribution in [1.29, 1.82) is 0 Å². The molecule has 0 spiro atoms. The Labute approximate surface area is 160 Å². The monoisotopic (exact) mass is 444 g/mol. The Morgan fingerprint density at radius 3 is 2.79 bits per heavy atom. The van der Waals surface area contributed by atoms with Crippen LogP contribution < -0.4 is 0 Å². The summed E-state index contributed by atoms with van der Waals surface area (Å²) in [7, 11) is 0. The molecule has 3 rings (SSSR count). The number of benzene rings is 2. The van der Waals surface area contributed by atoms with E-state index in [1.54, 1.807) is 30.3 Å². The van der Waals surface area contributed by atoms with Crippen molar-refractivity contribution in [3.63, 3.8) is 0 Å². The number of nitrogens with zero attached hydrogens (tertiary/aromatic N) is 3. The fourth-order valence-corrected chi connectivity index (χ4v) is 3.03. The molecule has 0 aliphatic heterocycles. The molecular formula is C15H8BrCl2FN4S. The van der Waals surface area contributed by atoms with E-state index < -0.39 is 5.82 Å². The highest BCUT2D eigenvalue weighted by Gasteiger charge is 2.12. The van der Waals surface area contributed by atoms with Crippen molar-refractivity contribution in [2.45, 2.75) is 0 Å². The summed E-state index contributed by atoms with van der Waals surface area (Å²) in [6.45, 7) is 0. The van der Waals surface area contributed by atoms with Crippen LogP contribution in [0, 0.1) is 10.6 Å². The Balaban J connectivity index is 2.06. The summed E-state index contributed by atoms with van der Waals surface area (Å²) >= 11 is 20.6. The van der Waals surface area contributed by atoms with Crippen LogP contribution in [0.2, 0.25) is 10.0 Å². The Morgan fingerprint density at radius 1 is 1.25 bits per heavy atom. The van der Waals surface area contributed by atoms with Crippen molar-refractivity contribution in [1.82, 2.24) is 14.9 Å². The van der Waals surface area contributed by atoms with Crippen LogP contribution in [-0.4, -0.2) is 21.1 Å². The molecule has 0 bridgehead atoms. The average molecular weight is 446 g/mol. The van der Waals surface area contributed by atoms with Crippen LogP contribution in [0.4, 0.5) is 4.39 Å². The predicted octanol–water partition coefficient (Wildman–Crippen LogP) is 5.70. The molecule has 0 saturated heterocycles. The molecule has 0 amide bonds. The normalized spacial score (nSPS) is 11.3. The number of hydrogen-bond acceptors (Lipinski definition) is 3. The number of H-pyrrole nitrogens is 1. The van der Waals surface area contributed by atoms with Gasteiger partial charge in [0, 0.05) is 20.6 Å². The standard InChI is InChI=1S/C15H8BrCl2FN4S/c16-9-1-4-13(19)8(5-9)7-20-23-14(21-22-15(23)24)11-3-2-10(17)6-12(11)18/h1-7H,(H,22,24)/b20-7-. The highest BCUT2D eigenvalue weighted by Crippen LogP contribution is 2.29. The first kappa shape index (κ1) is 17.3. The third-order valence-corrected chi connectivity index (χ3v) is 4.40. The van der Waals surface area contributed by atoms with E-state index in [0.717, 1.165) is 4.47 Å². The van der Waals surface area contributed by atoms with E-state index in [1.807, 2.05) is 0 Å². The van der Waals surface area contributed by atoms with Gasteiger partial charge in [-0.15, -0.1) is 0 Å². The quantitative estimate of drug-likeness (QED) is 0.415. The van der Waals surface area contributed by atoms with Gasteiger partial charge in [-0.25, -0.2) is 9.49 Å². The van der Waals surface area contributed by atoms with E-state index in [-0.39, 0.29) is 4.77 Å². The molecule has 0 atom stereocenters. The van der Waals surface area contributed by atoms with Gasteiger partial charge in [0.1, 0.15) is 5.82 Å². The average Bonchev–Trinajstić information content (AvgIpc) is 2.89. The molecular weight excluding hydrogens is 438 g/mol. The third kappa shape index (κ3) is 3.59. The third-order valence-electron chi connectivity index (χ3n) is 3.09. The Kier molecular flexibility index (Phi) is 5.15. The molecule has 4 nitrogen and oxygen atoms in total. The first-order valence-electron chi connectivity index (χ1n) is 6.58. The van der Waals surface area contributed by atoms with Gasteiger partial charge in [-0.3, -0.25) is 0 Å². The molecule has 1 aromatic heterocycles. The molecule has 3 aromatic rings. The summed E-state index contributed by atoms with van der Waals surface area (Å²) in [6, 6.07) is 9.55. The Morgan fingerprint density at radius 2 is 2.04 bits per heavy atom. The van der Waals surface area contributed by atoms with Crippen LogP contribution >= 0.6 is 51.3 Å². The van der Waals surface area contributed by atoms with Crippen molar-refractivity contribution in [3.05, 3.63) is 67.1 Å². The fourth-order valence-electron chi connectivity index (χ4n) is 1.98. The van der Waals surface area contributed by atoms with Crippen LogP contribution in [0.5, 0.6) is 0 Å². The van der Waals surface area contributed by atoms with Crippen LogP contribution in [-0.2, 0) is 0 Å². The number of halogens is 4. The molecule has 0 aliphatic rings. The molecule has 0 saturated carbocycles. The van der Waals surface area contributed by atoms with E-state index >= 15 is 0 Å². The van der Waals surface area contributed by atoms with Gasteiger partial charge in [0.2, 0.25) is 4.77 Å². The second-order valence-electron chi connectivity index (χ2n) is 4.70. The van der Waals surface area contributed by atoms with Gasteiger partial charge < -0.3 is 0 Å². The number of aromatic amines is 1. The molecule has 122 valence electrons. The van der Waals surface area contributed by atoms with Gasteiger partial charge in [-0.05, 0) is 48.6 Å². The van der Waals surface area contributed by atoms with Crippen molar-refractivity contribution >= 4 is 57.6 Å². The fraction of sp³-hybridized carbons (Fsp3) is 0. The second kappa shape index (κ2) is 7.14. The van der Waals surface area contributed by atoms with Gasteiger partial charge >= 0.3 is 0 Å². The van der Waals surface area contributed by atoms with Crippen molar-refractivity contribution in [2.75, 3.05) is 0 Å². The van der Waals surface area contributed by atoms with Crippen LogP contribution in [0.1, 0.15) is 5.56 Å². The number of hydrogen-bond donors (Lipinski definition) is 1. The summed E-state index contributed by atoms with van der Waals surface area (Å²) in [4.78, 5) is 0. The summed E-state index contributed by atoms with van der Waals surface area (Å²) in [5.41, 5.74) is 0.904. The van der Waals surface area contributed by atoms with Crippen LogP contribution in [0.3, 0.4) is 0 Å².